The minimum Gasteiger partial charge on any atom is -0.468 e. The molecular weight excluding hydrogens is 282 g/mol. The van der Waals surface area contributed by atoms with Crippen LogP contribution in [0.5, 0.6) is 0 Å². The van der Waals surface area contributed by atoms with E-state index < -0.39 is 0 Å². The third kappa shape index (κ3) is 4.01. The van der Waals surface area contributed by atoms with E-state index in [1.807, 2.05) is 11.8 Å². The Balaban J connectivity index is 1.50. The summed E-state index contributed by atoms with van der Waals surface area (Å²) in [6.07, 6.45) is 6.94. The van der Waals surface area contributed by atoms with Crippen LogP contribution >= 0.6 is 11.8 Å². The van der Waals surface area contributed by atoms with E-state index in [0.29, 0.717) is 6.04 Å². The summed E-state index contributed by atoms with van der Waals surface area (Å²) in [4.78, 5) is 13.1. The zero-order chi connectivity index (χ0) is 14.7. The van der Waals surface area contributed by atoms with Gasteiger partial charge in [0, 0.05) is 16.7 Å². The van der Waals surface area contributed by atoms with Crippen LogP contribution in [0.25, 0.3) is 0 Å². The highest BCUT2D eigenvalue weighted by atomic mass is 32.2. The van der Waals surface area contributed by atoms with Gasteiger partial charge >= 0.3 is 5.97 Å². The Morgan fingerprint density at radius 2 is 2.19 bits per heavy atom. The van der Waals surface area contributed by atoms with Gasteiger partial charge in [-0.2, -0.15) is 0 Å². The molecule has 1 aromatic rings. The highest BCUT2D eigenvalue weighted by Crippen LogP contribution is 2.28. The molecule has 21 heavy (non-hydrogen) atoms. The number of carbonyl (C=O) groups excluding carboxylic acids is 1. The van der Waals surface area contributed by atoms with Crippen LogP contribution in [-0.4, -0.2) is 30.9 Å². The summed E-state index contributed by atoms with van der Waals surface area (Å²) in [6.45, 7) is 0. The van der Waals surface area contributed by atoms with Crippen LogP contribution in [0.4, 0.5) is 0 Å². The topological polar surface area (TPSA) is 38.3 Å². The van der Waals surface area contributed by atoms with Gasteiger partial charge in [-0.15, -0.1) is 11.8 Å². The zero-order valence-electron chi connectivity index (χ0n) is 12.6. The quantitative estimate of drug-likeness (QED) is 0.621. The van der Waals surface area contributed by atoms with E-state index >= 15 is 0 Å². The number of aryl methyl sites for hydroxylation is 2. The molecule has 0 heterocycles. The molecule has 1 saturated carbocycles. The fourth-order valence-corrected chi connectivity index (χ4v) is 3.86. The monoisotopic (exact) mass is 305 g/mol. The van der Waals surface area contributed by atoms with E-state index in [-0.39, 0.29) is 12.0 Å². The van der Waals surface area contributed by atoms with Gasteiger partial charge in [-0.25, -0.2) is 0 Å². The first-order valence-electron chi connectivity index (χ1n) is 7.85. The van der Waals surface area contributed by atoms with Gasteiger partial charge in [0.1, 0.15) is 6.04 Å². The number of hydrogen-bond acceptors (Lipinski definition) is 4. The molecule has 3 rings (SSSR count). The minimum absolute atomic E-state index is 0.128. The second kappa shape index (κ2) is 6.84. The van der Waals surface area contributed by atoms with E-state index in [4.69, 9.17) is 4.74 Å². The smallest absolute Gasteiger partial charge is 0.322 e. The molecule has 1 unspecified atom stereocenters. The van der Waals surface area contributed by atoms with Gasteiger partial charge in [-0.1, -0.05) is 6.07 Å². The molecule has 1 atom stereocenters. The highest BCUT2D eigenvalue weighted by Gasteiger charge is 2.28. The number of thioether (sulfide) groups is 1. The maximum absolute atomic E-state index is 11.8. The Bertz CT molecular complexity index is 514. The number of hydrogen-bond donors (Lipinski definition) is 1. The first-order valence-corrected chi connectivity index (χ1v) is 8.83. The van der Waals surface area contributed by atoms with Crippen molar-refractivity contribution in [1.29, 1.82) is 0 Å². The Labute approximate surface area is 130 Å². The maximum Gasteiger partial charge on any atom is 0.322 e. The van der Waals surface area contributed by atoms with E-state index in [1.54, 1.807) is 0 Å². The summed E-state index contributed by atoms with van der Waals surface area (Å²) < 4.78 is 4.89. The lowest BCUT2D eigenvalue weighted by Gasteiger charge is -2.15. The van der Waals surface area contributed by atoms with E-state index in [2.05, 4.69) is 23.5 Å². The second-order valence-electron chi connectivity index (χ2n) is 5.94. The standard InChI is InChI=1S/C17H23NO2S/c1-20-17(19)16(18-14-6-7-14)9-10-21-15-8-5-12-3-2-4-13(12)11-15/h5,8,11,14,16,18H,2-4,6-7,9-10H2,1H3. The van der Waals surface area contributed by atoms with Gasteiger partial charge in [-0.05, 0) is 61.8 Å². The number of ether oxygens (including phenoxy) is 1. The lowest BCUT2D eigenvalue weighted by atomic mass is 10.1. The Morgan fingerprint density at radius 1 is 1.38 bits per heavy atom. The summed E-state index contributed by atoms with van der Waals surface area (Å²) in [5, 5.41) is 3.38. The predicted molar refractivity (Wildman–Crippen MR) is 85.8 cm³/mol. The molecule has 0 radical (unpaired) electrons. The Morgan fingerprint density at radius 3 is 2.95 bits per heavy atom. The first-order chi connectivity index (χ1) is 10.3. The molecule has 2 aliphatic carbocycles. The van der Waals surface area contributed by atoms with Gasteiger partial charge < -0.3 is 10.1 Å². The highest BCUT2D eigenvalue weighted by molar-refractivity contribution is 7.99. The van der Waals surface area contributed by atoms with Gasteiger partial charge in [0.05, 0.1) is 7.11 Å². The lowest BCUT2D eigenvalue weighted by molar-refractivity contribution is -0.143. The third-order valence-electron chi connectivity index (χ3n) is 4.25. The van der Waals surface area contributed by atoms with Crippen molar-refractivity contribution in [3.63, 3.8) is 0 Å². The largest absolute Gasteiger partial charge is 0.468 e. The fourth-order valence-electron chi connectivity index (χ4n) is 2.88. The normalized spacial score (nSPS) is 18.3. The van der Waals surface area contributed by atoms with Gasteiger partial charge in [0.25, 0.3) is 0 Å². The Hall–Kier alpha value is -1.00. The van der Waals surface area contributed by atoms with Gasteiger partial charge in [-0.3, -0.25) is 4.79 Å². The van der Waals surface area contributed by atoms with Crippen molar-refractivity contribution >= 4 is 17.7 Å². The number of rotatable bonds is 7. The van der Waals surface area contributed by atoms with Gasteiger partial charge in [0.15, 0.2) is 0 Å². The second-order valence-corrected chi connectivity index (χ2v) is 7.11. The average molecular weight is 305 g/mol. The van der Waals surface area contributed by atoms with Crippen LogP contribution in [0.1, 0.15) is 36.8 Å². The summed E-state index contributed by atoms with van der Waals surface area (Å²) in [5.74, 6) is 0.814. The van der Waals surface area contributed by atoms with Crippen LogP contribution in [0.2, 0.25) is 0 Å². The molecule has 3 nitrogen and oxygen atoms in total. The third-order valence-corrected chi connectivity index (χ3v) is 5.27. The molecule has 0 saturated heterocycles. The number of nitrogens with one attached hydrogen (secondary N) is 1. The molecule has 4 heteroatoms. The maximum atomic E-state index is 11.8. The van der Waals surface area contributed by atoms with Crippen molar-refractivity contribution in [2.75, 3.05) is 12.9 Å². The SMILES string of the molecule is COC(=O)C(CCSc1ccc2c(c1)CCC2)NC1CC1. The molecule has 0 bridgehead atoms. The van der Waals surface area contributed by atoms with Crippen LogP contribution in [-0.2, 0) is 22.4 Å². The number of carbonyl (C=O) groups is 1. The van der Waals surface area contributed by atoms with Crippen molar-refractivity contribution in [3.8, 4) is 0 Å². The van der Waals surface area contributed by atoms with Crippen molar-refractivity contribution in [3.05, 3.63) is 29.3 Å². The molecule has 114 valence electrons. The van der Waals surface area contributed by atoms with Crippen molar-refractivity contribution < 1.29 is 9.53 Å². The van der Waals surface area contributed by atoms with Crippen molar-refractivity contribution in [2.24, 2.45) is 0 Å². The first kappa shape index (κ1) is 14.9. The molecule has 2 aliphatic rings. The number of benzene rings is 1. The number of fused-ring (bicyclic) bond motifs is 1. The van der Waals surface area contributed by atoms with E-state index in [0.717, 1.165) is 12.2 Å². The summed E-state index contributed by atoms with van der Waals surface area (Å²) in [5.41, 5.74) is 3.03. The molecule has 1 aromatic carbocycles. The predicted octanol–water partition coefficient (Wildman–Crippen LogP) is 2.95. The summed E-state index contributed by atoms with van der Waals surface area (Å²) in [6, 6.07) is 7.19. The minimum atomic E-state index is -0.149. The zero-order valence-corrected chi connectivity index (χ0v) is 13.4. The van der Waals surface area contributed by atoms with Crippen LogP contribution in [0, 0.1) is 0 Å². The van der Waals surface area contributed by atoms with E-state index in [9.17, 15) is 4.79 Å². The molecule has 1 N–H and O–H groups in total. The average Bonchev–Trinajstić information content (AvgIpc) is 3.20. The molecule has 0 amide bonds. The lowest BCUT2D eigenvalue weighted by Crippen LogP contribution is -2.39. The summed E-state index contributed by atoms with van der Waals surface area (Å²) in [7, 11) is 1.47. The van der Waals surface area contributed by atoms with Crippen LogP contribution in [0.3, 0.4) is 0 Å². The fraction of sp³-hybridized carbons (Fsp3) is 0.588. The number of methoxy groups -OCH3 is 1. The van der Waals surface area contributed by atoms with Crippen molar-refractivity contribution in [1.82, 2.24) is 5.32 Å². The molecule has 1 fully saturated rings. The molecule has 0 aliphatic heterocycles. The van der Waals surface area contributed by atoms with E-state index in [1.165, 1.54) is 55.2 Å². The van der Waals surface area contributed by atoms with Crippen molar-refractivity contribution in [2.45, 2.75) is 55.5 Å². The number of esters is 1. The van der Waals surface area contributed by atoms with Crippen LogP contribution < -0.4 is 5.32 Å². The molecular formula is C17H23NO2S. The van der Waals surface area contributed by atoms with Crippen LogP contribution in [0.15, 0.2) is 23.1 Å². The molecule has 0 spiro atoms. The molecule has 0 aromatic heterocycles. The summed E-state index contributed by atoms with van der Waals surface area (Å²) >= 11 is 1.84. The van der Waals surface area contributed by atoms with Gasteiger partial charge in [0.2, 0.25) is 0 Å². The Kier molecular flexibility index (Phi) is 4.86.